The SMILES string of the molecule is CC1CC(C)CN(C(=O)CSc2nnc(NC3CC3)s2)C1. The van der Waals surface area contributed by atoms with Crippen molar-refractivity contribution in [1.29, 1.82) is 0 Å². The summed E-state index contributed by atoms with van der Waals surface area (Å²) in [5, 5.41) is 12.5. The molecule has 1 aromatic heterocycles. The molecule has 2 unspecified atom stereocenters. The Balaban J connectivity index is 1.47. The van der Waals surface area contributed by atoms with Gasteiger partial charge in [-0.3, -0.25) is 4.79 Å². The molecule has 116 valence electrons. The third-order valence-corrected chi connectivity index (χ3v) is 5.82. The van der Waals surface area contributed by atoms with Gasteiger partial charge in [-0.05, 0) is 31.1 Å². The van der Waals surface area contributed by atoms with Crippen molar-refractivity contribution in [2.45, 2.75) is 43.5 Å². The predicted molar refractivity (Wildman–Crippen MR) is 86.8 cm³/mol. The smallest absolute Gasteiger partial charge is 0.233 e. The minimum atomic E-state index is 0.227. The molecule has 1 aliphatic carbocycles. The minimum Gasteiger partial charge on any atom is -0.357 e. The van der Waals surface area contributed by atoms with E-state index in [9.17, 15) is 4.79 Å². The standard InChI is InChI=1S/C14H22N4OS2/c1-9-5-10(2)7-18(6-9)12(19)8-20-14-17-16-13(21-14)15-11-3-4-11/h9-11H,3-8H2,1-2H3,(H,15,16). The molecular formula is C14H22N4OS2. The van der Waals surface area contributed by atoms with Gasteiger partial charge in [-0.25, -0.2) is 0 Å². The van der Waals surface area contributed by atoms with E-state index in [1.54, 1.807) is 11.3 Å². The number of hydrogen-bond donors (Lipinski definition) is 1. The maximum Gasteiger partial charge on any atom is 0.233 e. The van der Waals surface area contributed by atoms with Gasteiger partial charge in [0.25, 0.3) is 0 Å². The topological polar surface area (TPSA) is 58.1 Å². The monoisotopic (exact) mass is 326 g/mol. The molecule has 2 atom stereocenters. The molecule has 1 amide bonds. The molecule has 1 saturated carbocycles. The zero-order valence-electron chi connectivity index (χ0n) is 12.5. The molecule has 21 heavy (non-hydrogen) atoms. The first kappa shape index (κ1) is 15.1. The number of rotatable bonds is 5. The van der Waals surface area contributed by atoms with Crippen molar-refractivity contribution in [1.82, 2.24) is 15.1 Å². The fraction of sp³-hybridized carbons (Fsp3) is 0.786. The summed E-state index contributed by atoms with van der Waals surface area (Å²) < 4.78 is 0.879. The molecule has 2 fully saturated rings. The highest BCUT2D eigenvalue weighted by molar-refractivity contribution is 8.01. The van der Waals surface area contributed by atoms with Crippen LogP contribution in [0, 0.1) is 11.8 Å². The Morgan fingerprint density at radius 2 is 2.05 bits per heavy atom. The van der Waals surface area contributed by atoms with Crippen LogP contribution in [0.25, 0.3) is 0 Å². The lowest BCUT2D eigenvalue weighted by Crippen LogP contribution is -2.43. The summed E-state index contributed by atoms with van der Waals surface area (Å²) in [5.41, 5.74) is 0. The van der Waals surface area contributed by atoms with E-state index in [0.29, 0.717) is 23.6 Å². The predicted octanol–water partition coefficient (Wildman–Crippen LogP) is 2.71. The molecule has 1 N–H and O–H groups in total. The molecule has 5 nitrogen and oxygen atoms in total. The maximum absolute atomic E-state index is 12.3. The van der Waals surface area contributed by atoms with Crippen molar-refractivity contribution in [3.8, 4) is 0 Å². The molecule has 0 radical (unpaired) electrons. The Kier molecular flexibility index (Phi) is 4.69. The second kappa shape index (κ2) is 6.52. The van der Waals surface area contributed by atoms with Crippen molar-refractivity contribution in [3.05, 3.63) is 0 Å². The summed E-state index contributed by atoms with van der Waals surface area (Å²) in [6.45, 7) is 6.25. The largest absolute Gasteiger partial charge is 0.357 e. The van der Waals surface area contributed by atoms with Crippen LogP contribution in [-0.2, 0) is 4.79 Å². The zero-order chi connectivity index (χ0) is 14.8. The molecular weight excluding hydrogens is 304 g/mol. The van der Waals surface area contributed by atoms with Gasteiger partial charge in [-0.2, -0.15) is 0 Å². The van der Waals surface area contributed by atoms with Crippen LogP contribution in [-0.4, -0.2) is 45.9 Å². The molecule has 2 heterocycles. The van der Waals surface area contributed by atoms with E-state index in [1.807, 2.05) is 4.90 Å². The van der Waals surface area contributed by atoms with E-state index in [0.717, 1.165) is 22.6 Å². The van der Waals surface area contributed by atoms with E-state index in [-0.39, 0.29) is 5.91 Å². The number of aromatic nitrogens is 2. The fourth-order valence-corrected chi connectivity index (χ4v) is 4.54. The number of carbonyl (C=O) groups excluding carboxylic acids is 1. The summed E-state index contributed by atoms with van der Waals surface area (Å²) in [4.78, 5) is 14.3. The number of thioether (sulfide) groups is 1. The lowest BCUT2D eigenvalue weighted by atomic mass is 9.92. The van der Waals surface area contributed by atoms with Crippen molar-refractivity contribution in [2.75, 3.05) is 24.2 Å². The second-order valence-corrected chi connectivity index (χ2v) is 8.53. The van der Waals surface area contributed by atoms with Crippen LogP contribution in [0.5, 0.6) is 0 Å². The highest BCUT2D eigenvalue weighted by atomic mass is 32.2. The van der Waals surface area contributed by atoms with E-state index in [4.69, 9.17) is 0 Å². The lowest BCUT2D eigenvalue weighted by Gasteiger charge is -2.34. The van der Waals surface area contributed by atoms with Gasteiger partial charge in [-0.15, -0.1) is 10.2 Å². The number of anilines is 1. The maximum atomic E-state index is 12.3. The van der Waals surface area contributed by atoms with Crippen LogP contribution in [0.4, 0.5) is 5.13 Å². The Labute approximate surface area is 133 Å². The Morgan fingerprint density at radius 1 is 1.33 bits per heavy atom. The number of nitrogens with zero attached hydrogens (tertiary/aromatic N) is 3. The van der Waals surface area contributed by atoms with Crippen molar-refractivity contribution in [2.24, 2.45) is 11.8 Å². The lowest BCUT2D eigenvalue weighted by molar-refractivity contribution is -0.130. The minimum absolute atomic E-state index is 0.227. The number of amides is 1. The van der Waals surface area contributed by atoms with Crippen molar-refractivity contribution >= 4 is 34.1 Å². The molecule has 7 heteroatoms. The average Bonchev–Trinajstić information content (AvgIpc) is 3.12. The molecule has 2 aliphatic rings. The zero-order valence-corrected chi connectivity index (χ0v) is 14.2. The first-order valence-electron chi connectivity index (χ1n) is 7.60. The normalized spacial score (nSPS) is 25.9. The van der Waals surface area contributed by atoms with Gasteiger partial charge in [-0.1, -0.05) is 36.9 Å². The van der Waals surface area contributed by atoms with E-state index in [2.05, 4.69) is 29.4 Å². The summed E-state index contributed by atoms with van der Waals surface area (Å²) in [7, 11) is 0. The molecule has 3 rings (SSSR count). The van der Waals surface area contributed by atoms with Crippen LogP contribution >= 0.6 is 23.1 Å². The molecule has 1 saturated heterocycles. The molecule has 0 bridgehead atoms. The number of carbonyl (C=O) groups is 1. The first-order chi connectivity index (χ1) is 10.1. The van der Waals surface area contributed by atoms with Crippen LogP contribution in [0.2, 0.25) is 0 Å². The average molecular weight is 326 g/mol. The van der Waals surface area contributed by atoms with Gasteiger partial charge in [0.2, 0.25) is 11.0 Å². The third kappa shape index (κ3) is 4.32. The van der Waals surface area contributed by atoms with Crippen LogP contribution in [0.15, 0.2) is 4.34 Å². The first-order valence-corrected chi connectivity index (χ1v) is 9.41. The van der Waals surface area contributed by atoms with Gasteiger partial charge in [0.1, 0.15) is 0 Å². The summed E-state index contributed by atoms with van der Waals surface area (Å²) in [5.74, 6) is 1.92. The highest BCUT2D eigenvalue weighted by Gasteiger charge is 2.26. The Morgan fingerprint density at radius 3 is 2.71 bits per heavy atom. The number of piperidine rings is 1. The Bertz CT molecular complexity index is 493. The van der Waals surface area contributed by atoms with Gasteiger partial charge in [0.05, 0.1) is 5.75 Å². The summed E-state index contributed by atoms with van der Waals surface area (Å²) >= 11 is 3.06. The molecule has 0 spiro atoms. The van der Waals surface area contributed by atoms with Gasteiger partial charge < -0.3 is 10.2 Å². The molecule has 1 aromatic rings. The number of nitrogens with one attached hydrogen (secondary N) is 1. The van der Waals surface area contributed by atoms with E-state index >= 15 is 0 Å². The van der Waals surface area contributed by atoms with Crippen LogP contribution < -0.4 is 5.32 Å². The summed E-state index contributed by atoms with van der Waals surface area (Å²) in [6.07, 6.45) is 3.68. The number of likely N-dealkylation sites (tertiary alicyclic amines) is 1. The van der Waals surface area contributed by atoms with Crippen LogP contribution in [0.3, 0.4) is 0 Å². The van der Waals surface area contributed by atoms with Gasteiger partial charge in [0, 0.05) is 19.1 Å². The van der Waals surface area contributed by atoms with E-state index in [1.165, 1.54) is 31.0 Å². The Hall–Kier alpha value is -0.820. The molecule has 1 aliphatic heterocycles. The second-order valence-electron chi connectivity index (χ2n) is 6.33. The van der Waals surface area contributed by atoms with Crippen molar-refractivity contribution in [3.63, 3.8) is 0 Å². The number of hydrogen-bond acceptors (Lipinski definition) is 6. The molecule has 0 aromatic carbocycles. The summed E-state index contributed by atoms with van der Waals surface area (Å²) in [6, 6.07) is 0.591. The third-order valence-electron chi connectivity index (χ3n) is 3.85. The van der Waals surface area contributed by atoms with E-state index < -0.39 is 0 Å². The highest BCUT2D eigenvalue weighted by Crippen LogP contribution is 2.30. The van der Waals surface area contributed by atoms with Gasteiger partial charge >= 0.3 is 0 Å². The van der Waals surface area contributed by atoms with Crippen LogP contribution in [0.1, 0.15) is 33.1 Å². The van der Waals surface area contributed by atoms with Crippen molar-refractivity contribution < 1.29 is 4.79 Å². The fourth-order valence-electron chi connectivity index (χ4n) is 2.81. The quantitative estimate of drug-likeness (QED) is 0.843. The van der Waals surface area contributed by atoms with Gasteiger partial charge in [0.15, 0.2) is 4.34 Å².